The average Bonchev–Trinajstić information content (AvgIpc) is 2.29. The number of hydrogen-bond donors (Lipinski definition) is 1. The van der Waals surface area contributed by atoms with Gasteiger partial charge in [0.2, 0.25) is 11.8 Å². The van der Waals surface area contributed by atoms with E-state index in [1.165, 1.54) is 0 Å². The fraction of sp³-hybridized carbons (Fsp3) is 0.455. The van der Waals surface area contributed by atoms with Crippen molar-refractivity contribution in [2.75, 3.05) is 12.4 Å². The quantitative estimate of drug-likeness (QED) is 0.743. The lowest BCUT2D eigenvalue weighted by molar-refractivity contribution is 0.397. The van der Waals surface area contributed by atoms with Crippen LogP contribution in [0.2, 0.25) is 0 Å². The zero-order valence-corrected chi connectivity index (χ0v) is 9.03. The number of ether oxygens (including phenoxy) is 1. The minimum absolute atomic E-state index is 0.0258. The summed E-state index contributed by atoms with van der Waals surface area (Å²) in [6.07, 6.45) is 8.93. The standard InChI is InChI=1S/C11H15N3O/c1-4-6-9(5-2)13-11-12-8-7-10(14-11)15-3/h2,7-9H,4,6H2,1,3H3,(H,12,13,14). The van der Waals surface area contributed by atoms with Gasteiger partial charge < -0.3 is 10.1 Å². The predicted molar refractivity (Wildman–Crippen MR) is 59.7 cm³/mol. The number of terminal acetylenes is 1. The van der Waals surface area contributed by atoms with Crippen molar-refractivity contribution in [3.8, 4) is 18.2 Å². The molecule has 1 N–H and O–H groups in total. The lowest BCUT2D eigenvalue weighted by Crippen LogP contribution is -2.18. The summed E-state index contributed by atoms with van der Waals surface area (Å²) in [4.78, 5) is 8.18. The molecule has 4 heteroatoms. The molecule has 1 heterocycles. The van der Waals surface area contributed by atoms with Gasteiger partial charge in [-0.15, -0.1) is 6.42 Å². The van der Waals surface area contributed by atoms with E-state index in [2.05, 4.69) is 28.1 Å². The van der Waals surface area contributed by atoms with Crippen LogP contribution in [0.5, 0.6) is 5.88 Å². The Morgan fingerprint density at radius 3 is 3.07 bits per heavy atom. The third kappa shape index (κ3) is 3.47. The summed E-state index contributed by atoms with van der Waals surface area (Å²) >= 11 is 0. The molecule has 1 unspecified atom stereocenters. The van der Waals surface area contributed by atoms with E-state index < -0.39 is 0 Å². The van der Waals surface area contributed by atoms with Crippen LogP contribution in [0.3, 0.4) is 0 Å². The highest BCUT2D eigenvalue weighted by Gasteiger charge is 2.05. The van der Waals surface area contributed by atoms with Crippen LogP contribution >= 0.6 is 0 Å². The van der Waals surface area contributed by atoms with Crippen molar-refractivity contribution in [3.05, 3.63) is 12.3 Å². The fourth-order valence-corrected chi connectivity index (χ4v) is 1.17. The molecule has 0 radical (unpaired) electrons. The first-order valence-corrected chi connectivity index (χ1v) is 4.89. The molecule has 0 saturated carbocycles. The number of nitrogens with one attached hydrogen (secondary N) is 1. The van der Waals surface area contributed by atoms with Crippen LogP contribution in [0.1, 0.15) is 19.8 Å². The van der Waals surface area contributed by atoms with Crippen molar-refractivity contribution in [1.82, 2.24) is 9.97 Å². The molecule has 0 aliphatic rings. The van der Waals surface area contributed by atoms with Gasteiger partial charge in [-0.2, -0.15) is 4.98 Å². The molecule has 0 spiro atoms. The second-order valence-corrected chi connectivity index (χ2v) is 3.07. The number of anilines is 1. The lowest BCUT2D eigenvalue weighted by atomic mass is 10.2. The van der Waals surface area contributed by atoms with E-state index in [9.17, 15) is 0 Å². The second kappa shape index (κ2) is 5.86. The minimum atomic E-state index is -0.0258. The lowest BCUT2D eigenvalue weighted by Gasteiger charge is -2.11. The van der Waals surface area contributed by atoms with Crippen molar-refractivity contribution in [2.24, 2.45) is 0 Å². The van der Waals surface area contributed by atoms with Crippen molar-refractivity contribution >= 4 is 5.95 Å². The van der Waals surface area contributed by atoms with E-state index in [0.717, 1.165) is 12.8 Å². The van der Waals surface area contributed by atoms with Gasteiger partial charge in [0, 0.05) is 12.3 Å². The van der Waals surface area contributed by atoms with E-state index >= 15 is 0 Å². The van der Waals surface area contributed by atoms with Gasteiger partial charge in [-0.1, -0.05) is 19.3 Å². The Morgan fingerprint density at radius 2 is 2.47 bits per heavy atom. The largest absolute Gasteiger partial charge is 0.481 e. The zero-order valence-electron chi connectivity index (χ0n) is 9.03. The molecule has 0 bridgehead atoms. The topological polar surface area (TPSA) is 47.0 Å². The van der Waals surface area contributed by atoms with E-state index in [1.54, 1.807) is 19.4 Å². The molecular weight excluding hydrogens is 190 g/mol. The van der Waals surface area contributed by atoms with Gasteiger partial charge in [-0.05, 0) is 6.42 Å². The van der Waals surface area contributed by atoms with Gasteiger partial charge in [0.05, 0.1) is 13.2 Å². The number of hydrogen-bond acceptors (Lipinski definition) is 4. The second-order valence-electron chi connectivity index (χ2n) is 3.07. The number of nitrogens with zero attached hydrogens (tertiary/aromatic N) is 2. The van der Waals surface area contributed by atoms with Crippen LogP contribution in [0.4, 0.5) is 5.95 Å². The van der Waals surface area contributed by atoms with Crippen LogP contribution < -0.4 is 10.1 Å². The zero-order chi connectivity index (χ0) is 11.1. The molecule has 1 aromatic heterocycles. The SMILES string of the molecule is C#CC(CCC)Nc1nccc(OC)n1. The third-order valence-corrected chi connectivity index (χ3v) is 1.92. The average molecular weight is 205 g/mol. The van der Waals surface area contributed by atoms with Gasteiger partial charge in [0.1, 0.15) is 0 Å². The summed E-state index contributed by atoms with van der Waals surface area (Å²) in [5, 5.41) is 3.07. The number of methoxy groups -OCH3 is 1. The van der Waals surface area contributed by atoms with Crippen LogP contribution in [-0.4, -0.2) is 23.1 Å². The molecule has 80 valence electrons. The first-order chi connectivity index (χ1) is 7.30. The van der Waals surface area contributed by atoms with Crippen molar-refractivity contribution in [2.45, 2.75) is 25.8 Å². The van der Waals surface area contributed by atoms with E-state index in [-0.39, 0.29) is 6.04 Å². The predicted octanol–water partition coefficient (Wildman–Crippen LogP) is 1.70. The summed E-state index contributed by atoms with van der Waals surface area (Å²) in [6, 6.07) is 1.66. The van der Waals surface area contributed by atoms with Crippen molar-refractivity contribution in [3.63, 3.8) is 0 Å². The van der Waals surface area contributed by atoms with Crippen LogP contribution in [0, 0.1) is 12.3 Å². The number of rotatable bonds is 5. The first kappa shape index (κ1) is 11.3. The molecule has 0 aromatic carbocycles. The van der Waals surface area contributed by atoms with E-state index in [4.69, 9.17) is 11.2 Å². The number of aromatic nitrogens is 2. The molecule has 1 aromatic rings. The summed E-state index contributed by atoms with van der Waals surface area (Å²) in [7, 11) is 1.57. The first-order valence-electron chi connectivity index (χ1n) is 4.89. The maximum Gasteiger partial charge on any atom is 0.226 e. The Hall–Kier alpha value is -1.76. The van der Waals surface area contributed by atoms with Gasteiger partial charge in [-0.25, -0.2) is 4.98 Å². The normalized spacial score (nSPS) is 11.5. The monoisotopic (exact) mass is 205 g/mol. The van der Waals surface area contributed by atoms with Crippen LogP contribution in [0.25, 0.3) is 0 Å². The van der Waals surface area contributed by atoms with Gasteiger partial charge in [-0.3, -0.25) is 0 Å². The molecule has 0 aliphatic heterocycles. The Bertz CT molecular complexity index is 346. The third-order valence-electron chi connectivity index (χ3n) is 1.92. The molecule has 1 atom stereocenters. The molecule has 0 saturated heterocycles. The Kier molecular flexibility index (Phi) is 4.42. The van der Waals surface area contributed by atoms with Crippen LogP contribution in [0.15, 0.2) is 12.3 Å². The van der Waals surface area contributed by atoms with Crippen molar-refractivity contribution in [1.29, 1.82) is 0 Å². The molecule has 15 heavy (non-hydrogen) atoms. The molecule has 4 nitrogen and oxygen atoms in total. The molecular formula is C11H15N3O. The van der Waals surface area contributed by atoms with Gasteiger partial charge in [0.15, 0.2) is 0 Å². The molecule has 1 rings (SSSR count). The van der Waals surface area contributed by atoms with Gasteiger partial charge >= 0.3 is 0 Å². The van der Waals surface area contributed by atoms with E-state index in [1.807, 2.05) is 0 Å². The van der Waals surface area contributed by atoms with Gasteiger partial charge in [0.25, 0.3) is 0 Å². The molecule has 0 aliphatic carbocycles. The summed E-state index contributed by atoms with van der Waals surface area (Å²) in [6.45, 7) is 2.08. The maximum atomic E-state index is 5.38. The summed E-state index contributed by atoms with van der Waals surface area (Å²) in [5.41, 5.74) is 0. The highest BCUT2D eigenvalue weighted by Crippen LogP contribution is 2.09. The maximum absolute atomic E-state index is 5.38. The van der Waals surface area contributed by atoms with E-state index in [0.29, 0.717) is 11.8 Å². The molecule has 0 amide bonds. The smallest absolute Gasteiger partial charge is 0.226 e. The Balaban J connectivity index is 2.66. The minimum Gasteiger partial charge on any atom is -0.481 e. The molecule has 0 fully saturated rings. The highest BCUT2D eigenvalue weighted by atomic mass is 16.5. The highest BCUT2D eigenvalue weighted by molar-refractivity contribution is 5.31. The summed E-state index contributed by atoms with van der Waals surface area (Å²) in [5.74, 6) is 3.69. The summed E-state index contributed by atoms with van der Waals surface area (Å²) < 4.78 is 4.99. The van der Waals surface area contributed by atoms with Crippen LogP contribution in [-0.2, 0) is 0 Å². The Morgan fingerprint density at radius 1 is 1.67 bits per heavy atom. The van der Waals surface area contributed by atoms with Crippen molar-refractivity contribution < 1.29 is 4.74 Å². The fourth-order valence-electron chi connectivity index (χ4n) is 1.17. The Labute approximate surface area is 90.1 Å².